The van der Waals surface area contributed by atoms with Crippen molar-refractivity contribution in [3.8, 4) is 0 Å². The maximum Gasteiger partial charge on any atom is 0.240 e. The molecule has 0 aliphatic rings. The molecule has 2 amide bonds. The number of nitrogens with zero attached hydrogens (tertiary/aromatic N) is 1. The lowest BCUT2D eigenvalue weighted by Crippen LogP contribution is -2.52. The zero-order chi connectivity index (χ0) is 12.2. The minimum Gasteiger partial charge on any atom is -0.368 e. The minimum absolute atomic E-state index is 0.0703. The molecule has 1 atom stereocenters. The second kappa shape index (κ2) is 5.11. The second-order valence-electron chi connectivity index (χ2n) is 4.66. The monoisotopic (exact) mass is 215 g/mol. The molecule has 0 radical (unpaired) electrons. The molecule has 0 aliphatic carbocycles. The highest BCUT2D eigenvalue weighted by atomic mass is 16.2. The predicted octanol–water partition coefficient (Wildman–Crippen LogP) is -0.306. The van der Waals surface area contributed by atoms with Gasteiger partial charge in [0.25, 0.3) is 0 Å². The molecule has 0 heterocycles. The Morgan fingerprint density at radius 3 is 2.07 bits per heavy atom. The minimum atomic E-state index is -0.614. The Kier molecular flexibility index (Phi) is 4.74. The highest BCUT2D eigenvalue weighted by Crippen LogP contribution is 2.18. The van der Waals surface area contributed by atoms with E-state index in [4.69, 9.17) is 11.5 Å². The molecule has 0 aliphatic heterocycles. The summed E-state index contributed by atoms with van der Waals surface area (Å²) in [6.45, 7) is 7.80. The first kappa shape index (κ1) is 13.9. The summed E-state index contributed by atoms with van der Waals surface area (Å²) in [6.07, 6.45) is 0. The number of likely N-dealkylation sites (N-methyl/N-ethyl adjacent to an activating group) is 1. The van der Waals surface area contributed by atoms with E-state index in [-0.39, 0.29) is 17.9 Å². The van der Waals surface area contributed by atoms with E-state index in [9.17, 15) is 9.59 Å². The molecule has 0 fully saturated rings. The fraction of sp³-hybridized carbons (Fsp3) is 0.800. The van der Waals surface area contributed by atoms with Gasteiger partial charge in [0.15, 0.2) is 0 Å². The van der Waals surface area contributed by atoms with E-state index < -0.39 is 11.9 Å². The molecule has 0 bridgehead atoms. The summed E-state index contributed by atoms with van der Waals surface area (Å²) in [5, 5.41) is 0. The number of carbonyl (C=O) groups excluding carboxylic acids is 2. The van der Waals surface area contributed by atoms with E-state index in [0.29, 0.717) is 6.54 Å². The lowest BCUT2D eigenvalue weighted by molar-refractivity contribution is -0.138. The zero-order valence-electron chi connectivity index (χ0n) is 9.91. The summed E-state index contributed by atoms with van der Waals surface area (Å²) in [4.78, 5) is 24.0. The molecule has 5 heteroatoms. The summed E-state index contributed by atoms with van der Waals surface area (Å²) in [7, 11) is 0. The van der Waals surface area contributed by atoms with Gasteiger partial charge in [0.1, 0.15) is 0 Å². The SMILES string of the molecule is CCN(CC(N)=O)C(=O)[C@H](N)C(C)(C)C. The van der Waals surface area contributed by atoms with Crippen LogP contribution >= 0.6 is 0 Å². The lowest BCUT2D eigenvalue weighted by atomic mass is 9.86. The molecule has 0 unspecified atom stereocenters. The largest absolute Gasteiger partial charge is 0.368 e. The van der Waals surface area contributed by atoms with Gasteiger partial charge >= 0.3 is 0 Å². The number of carbonyl (C=O) groups is 2. The van der Waals surface area contributed by atoms with E-state index >= 15 is 0 Å². The van der Waals surface area contributed by atoms with Crippen LogP contribution in [0.5, 0.6) is 0 Å². The molecule has 0 spiro atoms. The summed E-state index contributed by atoms with van der Waals surface area (Å²) in [5.74, 6) is -0.755. The molecule has 0 aromatic carbocycles. The van der Waals surface area contributed by atoms with Crippen molar-refractivity contribution in [1.82, 2.24) is 4.90 Å². The van der Waals surface area contributed by atoms with Crippen molar-refractivity contribution < 1.29 is 9.59 Å². The molecule has 0 aromatic heterocycles. The molecule has 0 aromatic rings. The molecule has 15 heavy (non-hydrogen) atoms. The molecular weight excluding hydrogens is 194 g/mol. The normalized spacial score (nSPS) is 13.4. The molecule has 0 rings (SSSR count). The summed E-state index contributed by atoms with van der Waals surface area (Å²) >= 11 is 0. The number of primary amides is 1. The van der Waals surface area contributed by atoms with Gasteiger partial charge in [0, 0.05) is 6.54 Å². The van der Waals surface area contributed by atoms with Gasteiger partial charge in [-0.1, -0.05) is 20.8 Å². The van der Waals surface area contributed by atoms with E-state index in [1.807, 2.05) is 20.8 Å². The Labute approximate surface area is 90.8 Å². The smallest absolute Gasteiger partial charge is 0.240 e. The number of amides is 2. The third kappa shape index (κ3) is 4.29. The zero-order valence-corrected chi connectivity index (χ0v) is 9.91. The van der Waals surface area contributed by atoms with Crippen molar-refractivity contribution in [3.63, 3.8) is 0 Å². The number of hydrogen-bond acceptors (Lipinski definition) is 3. The fourth-order valence-electron chi connectivity index (χ4n) is 1.10. The molecule has 0 saturated carbocycles. The van der Waals surface area contributed by atoms with Crippen molar-refractivity contribution in [2.45, 2.75) is 33.7 Å². The van der Waals surface area contributed by atoms with Gasteiger partial charge in [-0.15, -0.1) is 0 Å². The van der Waals surface area contributed by atoms with E-state index in [2.05, 4.69) is 0 Å². The highest BCUT2D eigenvalue weighted by Gasteiger charge is 2.30. The first-order valence-corrected chi connectivity index (χ1v) is 5.02. The number of nitrogens with two attached hydrogens (primary N) is 2. The van der Waals surface area contributed by atoms with E-state index in [1.165, 1.54) is 4.90 Å². The van der Waals surface area contributed by atoms with Crippen molar-refractivity contribution in [2.24, 2.45) is 16.9 Å². The Balaban J connectivity index is 4.59. The van der Waals surface area contributed by atoms with E-state index in [1.54, 1.807) is 6.92 Å². The summed E-state index contributed by atoms with van der Waals surface area (Å²) in [5.41, 5.74) is 10.5. The van der Waals surface area contributed by atoms with Crippen LogP contribution in [-0.4, -0.2) is 35.8 Å². The van der Waals surface area contributed by atoms with Crippen LogP contribution in [0.3, 0.4) is 0 Å². The van der Waals surface area contributed by atoms with Crippen molar-refractivity contribution in [3.05, 3.63) is 0 Å². The quantitative estimate of drug-likeness (QED) is 0.674. The summed E-state index contributed by atoms with van der Waals surface area (Å²) in [6, 6.07) is -0.614. The molecule has 4 N–H and O–H groups in total. The average Bonchev–Trinajstić information content (AvgIpc) is 2.10. The molecular formula is C10H21N3O2. The van der Waals surface area contributed by atoms with Gasteiger partial charge in [-0.25, -0.2) is 0 Å². The lowest BCUT2D eigenvalue weighted by Gasteiger charge is -2.30. The Morgan fingerprint density at radius 2 is 1.80 bits per heavy atom. The van der Waals surface area contributed by atoms with Gasteiger partial charge in [0.05, 0.1) is 12.6 Å². The molecule has 88 valence electrons. The van der Waals surface area contributed by atoms with Crippen molar-refractivity contribution in [2.75, 3.05) is 13.1 Å². The van der Waals surface area contributed by atoms with Gasteiger partial charge in [0.2, 0.25) is 11.8 Å². The topological polar surface area (TPSA) is 89.4 Å². The Bertz CT molecular complexity index is 246. The van der Waals surface area contributed by atoms with E-state index in [0.717, 1.165) is 0 Å². The second-order valence-corrected chi connectivity index (χ2v) is 4.66. The van der Waals surface area contributed by atoms with Crippen LogP contribution in [0, 0.1) is 5.41 Å². The van der Waals surface area contributed by atoms with Crippen molar-refractivity contribution in [1.29, 1.82) is 0 Å². The third-order valence-corrected chi connectivity index (χ3v) is 2.24. The fourth-order valence-corrected chi connectivity index (χ4v) is 1.10. The average molecular weight is 215 g/mol. The Hall–Kier alpha value is -1.10. The number of hydrogen-bond donors (Lipinski definition) is 2. The van der Waals surface area contributed by atoms with Gasteiger partial charge in [-0.2, -0.15) is 0 Å². The van der Waals surface area contributed by atoms with Crippen LogP contribution in [0.4, 0.5) is 0 Å². The van der Waals surface area contributed by atoms with Crippen LogP contribution in [0.2, 0.25) is 0 Å². The van der Waals surface area contributed by atoms with Crippen LogP contribution < -0.4 is 11.5 Å². The maximum absolute atomic E-state index is 11.8. The third-order valence-electron chi connectivity index (χ3n) is 2.24. The number of rotatable bonds is 4. The van der Waals surface area contributed by atoms with Crippen molar-refractivity contribution >= 4 is 11.8 Å². The standard InChI is InChI=1S/C10H21N3O2/c1-5-13(6-7(11)14)9(15)8(12)10(2,3)4/h8H,5-6,12H2,1-4H3,(H2,11,14)/t8-/m0/s1. The first-order valence-electron chi connectivity index (χ1n) is 5.02. The first-order chi connectivity index (χ1) is 6.70. The van der Waals surface area contributed by atoms with Gasteiger partial charge in [-0.3, -0.25) is 9.59 Å². The van der Waals surface area contributed by atoms with Crippen LogP contribution in [-0.2, 0) is 9.59 Å². The maximum atomic E-state index is 11.8. The molecule has 0 saturated heterocycles. The molecule has 5 nitrogen and oxygen atoms in total. The van der Waals surface area contributed by atoms with Crippen LogP contribution in [0.25, 0.3) is 0 Å². The summed E-state index contributed by atoms with van der Waals surface area (Å²) < 4.78 is 0. The van der Waals surface area contributed by atoms with Gasteiger partial charge in [-0.05, 0) is 12.3 Å². The predicted molar refractivity (Wildman–Crippen MR) is 58.9 cm³/mol. The van der Waals surface area contributed by atoms with Crippen LogP contribution in [0.15, 0.2) is 0 Å². The Morgan fingerprint density at radius 1 is 1.33 bits per heavy atom. The highest BCUT2D eigenvalue weighted by molar-refractivity contribution is 5.87. The van der Waals surface area contributed by atoms with Gasteiger partial charge < -0.3 is 16.4 Å². The van der Waals surface area contributed by atoms with Crippen LogP contribution in [0.1, 0.15) is 27.7 Å².